The predicted octanol–water partition coefficient (Wildman–Crippen LogP) is 3.04. The van der Waals surface area contributed by atoms with Crippen molar-refractivity contribution in [1.82, 2.24) is 30.0 Å². The summed E-state index contributed by atoms with van der Waals surface area (Å²) in [5, 5.41) is 11.5. The molecule has 1 aromatic carbocycles. The standard InChI is InChI=1S/C23H23FN8O/c1-31-20-15(13-29-31)7-11-26-21(20)32(17-4-2-8-25-14-17)22(33)18-6-5-16(12-19(18)24)30-23-27-9-3-10-28-23/h3,5-7,9-13,17,25H,2,4,8,14H2,1H3,(H,27,28,30)/t17-/m1/s1. The zero-order valence-electron chi connectivity index (χ0n) is 18.1. The smallest absolute Gasteiger partial charge is 0.262 e. The quantitative estimate of drug-likeness (QED) is 0.486. The fraction of sp³-hybridized carbons (Fsp3) is 0.261. The molecule has 5 rings (SSSR count). The van der Waals surface area contributed by atoms with Crippen molar-refractivity contribution in [2.24, 2.45) is 7.05 Å². The van der Waals surface area contributed by atoms with Crippen LogP contribution in [0.15, 0.2) is 55.1 Å². The van der Waals surface area contributed by atoms with Crippen molar-refractivity contribution in [2.75, 3.05) is 23.3 Å². The highest BCUT2D eigenvalue weighted by atomic mass is 19.1. The Morgan fingerprint density at radius 3 is 2.82 bits per heavy atom. The Kier molecular flexibility index (Phi) is 5.66. The summed E-state index contributed by atoms with van der Waals surface area (Å²) in [6, 6.07) is 7.78. The van der Waals surface area contributed by atoms with Gasteiger partial charge in [-0.15, -0.1) is 0 Å². The summed E-state index contributed by atoms with van der Waals surface area (Å²) in [6.45, 7) is 1.49. The van der Waals surface area contributed by atoms with Crippen LogP contribution in [0.25, 0.3) is 10.9 Å². The number of rotatable bonds is 5. The molecule has 3 aromatic heterocycles. The van der Waals surface area contributed by atoms with E-state index < -0.39 is 11.7 Å². The first kappa shape index (κ1) is 21.0. The molecule has 1 atom stereocenters. The van der Waals surface area contributed by atoms with Gasteiger partial charge < -0.3 is 10.6 Å². The van der Waals surface area contributed by atoms with Crippen LogP contribution in [0, 0.1) is 5.82 Å². The summed E-state index contributed by atoms with van der Waals surface area (Å²) in [6.07, 6.45) is 8.27. The van der Waals surface area contributed by atoms with Crippen molar-refractivity contribution in [3.8, 4) is 0 Å². The largest absolute Gasteiger partial charge is 0.324 e. The second kappa shape index (κ2) is 8.91. The SMILES string of the molecule is Cn1ncc2ccnc(N(C(=O)c3ccc(Nc4ncccn4)cc3F)[C@@H]3CCCNC3)c21. The van der Waals surface area contributed by atoms with Crippen LogP contribution in [0.2, 0.25) is 0 Å². The van der Waals surface area contributed by atoms with Gasteiger partial charge in [-0.2, -0.15) is 5.10 Å². The lowest BCUT2D eigenvalue weighted by Gasteiger charge is -2.34. The zero-order valence-corrected chi connectivity index (χ0v) is 18.1. The lowest BCUT2D eigenvalue weighted by Crippen LogP contribution is -2.49. The van der Waals surface area contributed by atoms with Gasteiger partial charge in [0.1, 0.15) is 11.3 Å². The minimum absolute atomic E-state index is 0.0268. The summed E-state index contributed by atoms with van der Waals surface area (Å²) in [5.41, 5.74) is 1.16. The Balaban J connectivity index is 1.53. The van der Waals surface area contributed by atoms with Gasteiger partial charge in [0.05, 0.1) is 17.8 Å². The van der Waals surface area contributed by atoms with Gasteiger partial charge in [0.25, 0.3) is 5.91 Å². The van der Waals surface area contributed by atoms with Crippen molar-refractivity contribution >= 4 is 34.3 Å². The van der Waals surface area contributed by atoms with Crippen molar-refractivity contribution in [3.63, 3.8) is 0 Å². The molecule has 168 valence electrons. The van der Waals surface area contributed by atoms with Gasteiger partial charge in [0.2, 0.25) is 5.95 Å². The summed E-state index contributed by atoms with van der Waals surface area (Å²) in [7, 11) is 1.81. The molecule has 1 saturated heterocycles. The fourth-order valence-electron chi connectivity index (χ4n) is 4.15. The Morgan fingerprint density at radius 1 is 1.21 bits per heavy atom. The van der Waals surface area contributed by atoms with E-state index in [4.69, 9.17) is 0 Å². The van der Waals surface area contributed by atoms with Gasteiger partial charge in [-0.3, -0.25) is 14.4 Å². The summed E-state index contributed by atoms with van der Waals surface area (Å²) in [5.74, 6) is -0.250. The molecule has 4 aromatic rings. The first-order chi connectivity index (χ1) is 16.1. The average molecular weight is 446 g/mol. The molecule has 1 aliphatic rings. The molecule has 1 aliphatic heterocycles. The first-order valence-electron chi connectivity index (χ1n) is 10.8. The number of fused-ring (bicyclic) bond motifs is 1. The highest BCUT2D eigenvalue weighted by Crippen LogP contribution is 2.30. The number of carbonyl (C=O) groups is 1. The normalized spacial score (nSPS) is 16.0. The second-order valence-electron chi connectivity index (χ2n) is 7.91. The van der Waals surface area contributed by atoms with E-state index in [0.717, 1.165) is 30.3 Å². The van der Waals surface area contributed by atoms with Crippen LogP contribution in [0.5, 0.6) is 0 Å². The molecule has 4 heterocycles. The molecule has 2 N–H and O–H groups in total. The van der Waals surface area contributed by atoms with Crippen LogP contribution in [0.4, 0.5) is 21.8 Å². The molecule has 9 nitrogen and oxygen atoms in total. The van der Waals surface area contributed by atoms with Crippen LogP contribution in [-0.2, 0) is 7.05 Å². The van der Waals surface area contributed by atoms with Crippen LogP contribution in [-0.4, -0.2) is 49.8 Å². The van der Waals surface area contributed by atoms with Crippen molar-refractivity contribution in [1.29, 1.82) is 0 Å². The first-order valence-corrected chi connectivity index (χ1v) is 10.8. The van der Waals surface area contributed by atoms with Crippen LogP contribution < -0.4 is 15.5 Å². The third-order valence-corrected chi connectivity index (χ3v) is 5.73. The molecule has 0 aliphatic carbocycles. The summed E-state index contributed by atoms with van der Waals surface area (Å²) < 4.78 is 16.9. The number of piperidine rings is 1. The molecule has 0 unspecified atom stereocenters. The van der Waals surface area contributed by atoms with Gasteiger partial charge in [-0.25, -0.2) is 19.3 Å². The number of anilines is 3. The Hall–Kier alpha value is -3.92. The number of halogens is 1. The third kappa shape index (κ3) is 4.12. The highest BCUT2D eigenvalue weighted by Gasteiger charge is 2.32. The minimum Gasteiger partial charge on any atom is -0.324 e. The third-order valence-electron chi connectivity index (χ3n) is 5.73. The topological polar surface area (TPSA) is 101 Å². The molecule has 0 radical (unpaired) electrons. The molecule has 0 spiro atoms. The maximum absolute atomic E-state index is 15.2. The van der Waals surface area contributed by atoms with Gasteiger partial charge in [-0.05, 0) is 49.7 Å². The highest BCUT2D eigenvalue weighted by molar-refractivity contribution is 6.09. The predicted molar refractivity (Wildman–Crippen MR) is 123 cm³/mol. The van der Waals surface area contributed by atoms with Crippen LogP contribution in [0.1, 0.15) is 23.2 Å². The van der Waals surface area contributed by atoms with Crippen molar-refractivity contribution in [3.05, 3.63) is 66.5 Å². The van der Waals surface area contributed by atoms with E-state index in [1.54, 1.807) is 46.5 Å². The molecule has 33 heavy (non-hydrogen) atoms. The lowest BCUT2D eigenvalue weighted by atomic mass is 10.0. The van der Waals surface area contributed by atoms with Crippen LogP contribution >= 0.6 is 0 Å². The van der Waals surface area contributed by atoms with Gasteiger partial charge >= 0.3 is 0 Å². The van der Waals surface area contributed by atoms with E-state index in [2.05, 4.69) is 30.7 Å². The molecule has 1 fully saturated rings. The Bertz CT molecular complexity index is 1290. The van der Waals surface area contributed by atoms with Crippen molar-refractivity contribution in [2.45, 2.75) is 18.9 Å². The van der Waals surface area contributed by atoms with E-state index in [0.29, 0.717) is 24.0 Å². The van der Waals surface area contributed by atoms with E-state index in [1.807, 2.05) is 13.1 Å². The number of aryl methyl sites for hydroxylation is 1. The minimum atomic E-state index is -0.633. The molecule has 1 amide bonds. The van der Waals surface area contributed by atoms with E-state index in [9.17, 15) is 4.79 Å². The summed E-state index contributed by atoms with van der Waals surface area (Å²) >= 11 is 0. The average Bonchev–Trinajstić information content (AvgIpc) is 3.22. The number of nitrogens with zero attached hydrogens (tertiary/aromatic N) is 6. The van der Waals surface area contributed by atoms with Gasteiger partial charge in [-0.1, -0.05) is 0 Å². The number of benzene rings is 1. The number of hydrogen-bond donors (Lipinski definition) is 2. The maximum Gasteiger partial charge on any atom is 0.262 e. The lowest BCUT2D eigenvalue weighted by molar-refractivity contribution is 0.0968. The Morgan fingerprint density at radius 2 is 2.06 bits per heavy atom. The monoisotopic (exact) mass is 446 g/mol. The number of amides is 1. The number of hydrogen-bond acceptors (Lipinski definition) is 7. The molecule has 0 saturated carbocycles. The van der Waals surface area contributed by atoms with E-state index >= 15 is 4.39 Å². The zero-order chi connectivity index (χ0) is 22.8. The van der Waals surface area contributed by atoms with Gasteiger partial charge in [0, 0.05) is 43.3 Å². The molecular weight excluding hydrogens is 423 g/mol. The van der Waals surface area contributed by atoms with Crippen LogP contribution in [0.3, 0.4) is 0 Å². The second-order valence-corrected chi connectivity index (χ2v) is 7.91. The number of nitrogens with one attached hydrogen (secondary N) is 2. The van der Waals surface area contributed by atoms with Gasteiger partial charge in [0.15, 0.2) is 5.82 Å². The molecule has 0 bridgehead atoms. The molecular formula is C23H23FN8O. The van der Waals surface area contributed by atoms with Crippen molar-refractivity contribution < 1.29 is 9.18 Å². The fourth-order valence-corrected chi connectivity index (χ4v) is 4.15. The molecule has 10 heteroatoms. The maximum atomic E-state index is 15.2. The number of aromatic nitrogens is 5. The summed E-state index contributed by atoms with van der Waals surface area (Å²) in [4.78, 5) is 28.1. The van der Waals surface area contributed by atoms with E-state index in [1.165, 1.54) is 12.1 Å². The van der Waals surface area contributed by atoms with E-state index in [-0.39, 0.29) is 11.6 Å². The Labute approximate surface area is 189 Å². The number of carbonyl (C=O) groups excluding carboxylic acids is 1. The number of pyridine rings is 1.